The highest BCUT2D eigenvalue weighted by Crippen LogP contribution is 2.34. The molecule has 0 amide bonds. The fourth-order valence-corrected chi connectivity index (χ4v) is 4.38. The van der Waals surface area contributed by atoms with Gasteiger partial charge in [0.25, 0.3) is 0 Å². The molecule has 0 N–H and O–H groups in total. The zero-order valence-corrected chi connectivity index (χ0v) is 20.5. The van der Waals surface area contributed by atoms with Crippen LogP contribution in [0.15, 0.2) is 133 Å². The Morgan fingerprint density at radius 3 is 2.16 bits per heavy atom. The first-order valence-electron chi connectivity index (χ1n) is 12.4. The molecule has 0 aromatic heterocycles. The molecule has 0 atom stereocenters. The number of benzene rings is 5. The first kappa shape index (κ1) is 23.3. The molecule has 0 aliphatic carbocycles. The van der Waals surface area contributed by atoms with E-state index in [-0.39, 0.29) is 0 Å². The zero-order valence-electron chi connectivity index (χ0n) is 20.5. The Kier molecular flexibility index (Phi) is 6.44. The lowest BCUT2D eigenvalue weighted by molar-refractivity contribution is -0.130. The molecule has 1 aliphatic heterocycles. The molecular weight excluding hydrogens is 472 g/mol. The molecule has 4 nitrogen and oxygen atoms in total. The predicted octanol–water partition coefficient (Wildman–Crippen LogP) is 8.19. The SMILES string of the molecule is O=C1OC(c2ccc(Oc3ccccc3)cc2)=C/C1=C\c1c(OCc2ccccc2)ccc2ccccc12. The van der Waals surface area contributed by atoms with Crippen LogP contribution in [0.2, 0.25) is 0 Å². The Morgan fingerprint density at radius 1 is 0.684 bits per heavy atom. The molecule has 0 saturated heterocycles. The van der Waals surface area contributed by atoms with Gasteiger partial charge in [0.1, 0.15) is 29.6 Å². The van der Waals surface area contributed by atoms with Gasteiger partial charge in [0.15, 0.2) is 0 Å². The number of hydrogen-bond donors (Lipinski definition) is 0. The first-order chi connectivity index (χ1) is 18.7. The van der Waals surface area contributed by atoms with Gasteiger partial charge in [0.2, 0.25) is 0 Å². The quantitative estimate of drug-likeness (QED) is 0.168. The van der Waals surface area contributed by atoms with Crippen molar-refractivity contribution in [3.63, 3.8) is 0 Å². The summed E-state index contributed by atoms with van der Waals surface area (Å²) < 4.78 is 17.7. The predicted molar refractivity (Wildman–Crippen MR) is 150 cm³/mol. The standard InChI is InChI=1S/C34H24O4/c35-34-27(22-33(38-34)26-15-18-29(19-16-26)37-28-12-5-2-6-13-28)21-31-30-14-8-7-11-25(30)17-20-32(31)36-23-24-9-3-1-4-10-24/h1-22H,23H2/b27-21+. The third-order valence-electron chi connectivity index (χ3n) is 6.31. The minimum atomic E-state index is -0.397. The third kappa shape index (κ3) is 5.06. The van der Waals surface area contributed by atoms with Crippen LogP contribution in [0, 0.1) is 0 Å². The Morgan fingerprint density at radius 2 is 1.37 bits per heavy atom. The number of rotatable bonds is 7. The van der Waals surface area contributed by atoms with Crippen LogP contribution in [0.5, 0.6) is 17.2 Å². The van der Waals surface area contributed by atoms with Crippen LogP contribution >= 0.6 is 0 Å². The number of cyclic esters (lactones) is 1. The van der Waals surface area contributed by atoms with Crippen molar-refractivity contribution >= 4 is 28.6 Å². The number of fused-ring (bicyclic) bond motifs is 1. The number of ether oxygens (including phenoxy) is 3. The van der Waals surface area contributed by atoms with Gasteiger partial charge in [-0.15, -0.1) is 0 Å². The summed E-state index contributed by atoms with van der Waals surface area (Å²) in [6, 6.07) is 39.1. The molecule has 6 rings (SSSR count). The summed E-state index contributed by atoms with van der Waals surface area (Å²) in [6.45, 7) is 0.429. The molecule has 0 bridgehead atoms. The van der Waals surface area contributed by atoms with Crippen molar-refractivity contribution in [3.8, 4) is 17.2 Å². The summed E-state index contributed by atoms with van der Waals surface area (Å²) in [7, 11) is 0. The van der Waals surface area contributed by atoms with E-state index >= 15 is 0 Å². The van der Waals surface area contributed by atoms with Crippen LogP contribution in [0.1, 0.15) is 16.7 Å². The maximum atomic E-state index is 12.9. The van der Waals surface area contributed by atoms with E-state index in [0.29, 0.717) is 29.4 Å². The minimum Gasteiger partial charge on any atom is -0.488 e. The normalized spacial score (nSPS) is 13.8. The summed E-state index contributed by atoms with van der Waals surface area (Å²) in [6.07, 6.45) is 3.63. The second kappa shape index (κ2) is 10.5. The maximum Gasteiger partial charge on any atom is 0.343 e. The molecule has 184 valence electrons. The molecule has 0 unspecified atom stereocenters. The molecule has 0 fully saturated rings. The fraction of sp³-hybridized carbons (Fsp3) is 0.0294. The van der Waals surface area contributed by atoms with Gasteiger partial charge in [-0.3, -0.25) is 0 Å². The number of esters is 1. The van der Waals surface area contributed by atoms with E-state index in [2.05, 4.69) is 0 Å². The van der Waals surface area contributed by atoms with Crippen molar-refractivity contribution in [3.05, 3.63) is 150 Å². The van der Waals surface area contributed by atoms with Gasteiger partial charge in [-0.05, 0) is 71.0 Å². The summed E-state index contributed by atoms with van der Waals surface area (Å²) in [5, 5.41) is 2.07. The van der Waals surface area contributed by atoms with Crippen molar-refractivity contribution in [2.45, 2.75) is 6.61 Å². The van der Waals surface area contributed by atoms with Crippen molar-refractivity contribution < 1.29 is 19.0 Å². The minimum absolute atomic E-state index is 0.397. The molecule has 1 aliphatic rings. The maximum absolute atomic E-state index is 12.9. The fourth-order valence-electron chi connectivity index (χ4n) is 4.38. The Labute approximate surface area is 221 Å². The van der Waals surface area contributed by atoms with Gasteiger partial charge >= 0.3 is 5.97 Å². The van der Waals surface area contributed by atoms with Gasteiger partial charge in [0, 0.05) is 11.1 Å². The topological polar surface area (TPSA) is 44.8 Å². The lowest BCUT2D eigenvalue weighted by Crippen LogP contribution is -2.00. The van der Waals surface area contributed by atoms with E-state index < -0.39 is 5.97 Å². The molecular formula is C34H24O4. The lowest BCUT2D eigenvalue weighted by atomic mass is 10.0. The molecule has 4 heteroatoms. The van der Waals surface area contributed by atoms with E-state index in [1.165, 1.54) is 0 Å². The van der Waals surface area contributed by atoms with Gasteiger partial charge in [0.05, 0.1) is 5.57 Å². The van der Waals surface area contributed by atoms with Crippen LogP contribution in [0.3, 0.4) is 0 Å². The van der Waals surface area contributed by atoms with E-state index in [1.54, 1.807) is 6.08 Å². The van der Waals surface area contributed by atoms with Gasteiger partial charge in [-0.1, -0.05) is 78.9 Å². The summed E-state index contributed by atoms with van der Waals surface area (Å²) >= 11 is 0. The smallest absolute Gasteiger partial charge is 0.343 e. The zero-order chi connectivity index (χ0) is 25.7. The molecule has 5 aromatic carbocycles. The third-order valence-corrected chi connectivity index (χ3v) is 6.31. The van der Waals surface area contributed by atoms with Gasteiger partial charge in [-0.2, -0.15) is 0 Å². The Bertz CT molecular complexity index is 1650. The van der Waals surface area contributed by atoms with Crippen molar-refractivity contribution in [1.29, 1.82) is 0 Å². The Balaban J connectivity index is 1.30. The summed E-state index contributed by atoms with van der Waals surface area (Å²) in [5.74, 6) is 2.28. The molecule has 0 saturated carbocycles. The largest absolute Gasteiger partial charge is 0.488 e. The van der Waals surface area contributed by atoms with Crippen LogP contribution in [0.4, 0.5) is 0 Å². The molecule has 5 aromatic rings. The molecule has 1 heterocycles. The van der Waals surface area contributed by atoms with Crippen LogP contribution in [0.25, 0.3) is 22.6 Å². The van der Waals surface area contributed by atoms with Crippen molar-refractivity contribution in [2.24, 2.45) is 0 Å². The summed E-state index contributed by atoms with van der Waals surface area (Å²) in [5.41, 5.74) is 3.17. The average Bonchev–Trinajstić information content (AvgIpc) is 3.34. The van der Waals surface area contributed by atoms with E-state index in [9.17, 15) is 4.79 Å². The summed E-state index contributed by atoms with van der Waals surface area (Å²) in [4.78, 5) is 12.9. The van der Waals surface area contributed by atoms with E-state index in [0.717, 1.165) is 33.2 Å². The number of hydrogen-bond acceptors (Lipinski definition) is 4. The second-order valence-electron chi connectivity index (χ2n) is 8.91. The average molecular weight is 497 g/mol. The van der Waals surface area contributed by atoms with Crippen LogP contribution in [-0.2, 0) is 16.1 Å². The van der Waals surface area contributed by atoms with Gasteiger partial charge in [-0.25, -0.2) is 4.79 Å². The molecule has 38 heavy (non-hydrogen) atoms. The monoisotopic (exact) mass is 496 g/mol. The Hall–Kier alpha value is -5.09. The van der Waals surface area contributed by atoms with Crippen LogP contribution in [-0.4, -0.2) is 5.97 Å². The highest BCUT2D eigenvalue weighted by Gasteiger charge is 2.23. The van der Waals surface area contributed by atoms with Gasteiger partial charge < -0.3 is 14.2 Å². The number of carbonyl (C=O) groups excluding carboxylic acids is 1. The molecule has 0 spiro atoms. The van der Waals surface area contributed by atoms with E-state index in [1.807, 2.05) is 127 Å². The van der Waals surface area contributed by atoms with Crippen molar-refractivity contribution in [2.75, 3.05) is 0 Å². The lowest BCUT2D eigenvalue weighted by Gasteiger charge is -2.12. The highest BCUT2D eigenvalue weighted by atomic mass is 16.5. The van der Waals surface area contributed by atoms with Crippen molar-refractivity contribution in [1.82, 2.24) is 0 Å². The number of carbonyl (C=O) groups is 1. The number of para-hydroxylation sites is 1. The van der Waals surface area contributed by atoms with Crippen LogP contribution < -0.4 is 9.47 Å². The first-order valence-corrected chi connectivity index (χ1v) is 12.4. The highest BCUT2D eigenvalue weighted by molar-refractivity contribution is 6.07. The van der Waals surface area contributed by atoms with E-state index in [4.69, 9.17) is 14.2 Å². The molecule has 0 radical (unpaired) electrons. The second-order valence-corrected chi connectivity index (χ2v) is 8.91.